The lowest BCUT2D eigenvalue weighted by Crippen LogP contribution is -2.40. The molecular weight excluding hydrogens is 214 g/mol. The van der Waals surface area contributed by atoms with Crippen molar-refractivity contribution in [1.29, 1.82) is 0 Å². The zero-order chi connectivity index (χ0) is 13.0. The Kier molecular flexibility index (Phi) is 4.97. The van der Waals surface area contributed by atoms with Crippen LogP contribution in [0, 0.1) is 12.8 Å². The van der Waals surface area contributed by atoms with Crippen LogP contribution in [0.5, 0.6) is 5.75 Å². The van der Waals surface area contributed by atoms with Crippen LogP contribution in [0.3, 0.4) is 0 Å². The summed E-state index contributed by atoms with van der Waals surface area (Å²) in [6, 6.07) is 5.73. The van der Waals surface area contributed by atoms with Crippen LogP contribution < -0.4 is 10.5 Å². The van der Waals surface area contributed by atoms with Crippen LogP contribution in [0.25, 0.3) is 0 Å². The number of aliphatic hydroxyl groups is 1. The van der Waals surface area contributed by atoms with Gasteiger partial charge < -0.3 is 15.6 Å². The maximum Gasteiger partial charge on any atom is 0.125 e. The fourth-order valence-corrected chi connectivity index (χ4v) is 2.04. The van der Waals surface area contributed by atoms with Crippen LogP contribution in [-0.2, 0) is 6.42 Å². The van der Waals surface area contributed by atoms with Crippen molar-refractivity contribution in [3.63, 3.8) is 0 Å². The van der Waals surface area contributed by atoms with Gasteiger partial charge in [0.25, 0.3) is 0 Å². The van der Waals surface area contributed by atoms with Crippen molar-refractivity contribution in [2.75, 3.05) is 7.11 Å². The van der Waals surface area contributed by atoms with Gasteiger partial charge in [-0.2, -0.15) is 0 Å². The second-order valence-corrected chi connectivity index (χ2v) is 4.87. The zero-order valence-corrected chi connectivity index (χ0v) is 11.1. The lowest BCUT2D eigenvalue weighted by atomic mass is 9.94. The van der Waals surface area contributed by atoms with Crippen LogP contribution in [0.2, 0.25) is 0 Å². The van der Waals surface area contributed by atoms with Crippen LogP contribution in [0.1, 0.15) is 25.0 Å². The predicted molar refractivity (Wildman–Crippen MR) is 70.3 cm³/mol. The fourth-order valence-electron chi connectivity index (χ4n) is 2.04. The smallest absolute Gasteiger partial charge is 0.125 e. The Hall–Kier alpha value is -1.06. The number of para-hydroxylation sites is 1. The molecule has 96 valence electrons. The van der Waals surface area contributed by atoms with Crippen LogP contribution >= 0.6 is 0 Å². The van der Waals surface area contributed by atoms with Crippen molar-refractivity contribution < 1.29 is 9.84 Å². The molecular formula is C14H23NO2. The molecule has 0 spiro atoms. The summed E-state index contributed by atoms with van der Waals surface area (Å²) in [6.07, 6.45) is 0.143. The summed E-state index contributed by atoms with van der Waals surface area (Å²) in [6.45, 7) is 5.95. The minimum atomic E-state index is -0.486. The highest BCUT2D eigenvalue weighted by Crippen LogP contribution is 2.24. The van der Waals surface area contributed by atoms with E-state index in [-0.39, 0.29) is 12.0 Å². The van der Waals surface area contributed by atoms with Gasteiger partial charge in [0.05, 0.1) is 13.2 Å². The van der Waals surface area contributed by atoms with Crippen molar-refractivity contribution in [3.8, 4) is 5.75 Å². The molecule has 0 amide bonds. The molecule has 0 aliphatic heterocycles. The van der Waals surface area contributed by atoms with Crippen LogP contribution in [0.15, 0.2) is 18.2 Å². The highest BCUT2D eigenvalue weighted by Gasteiger charge is 2.20. The molecule has 17 heavy (non-hydrogen) atoms. The molecule has 1 aromatic carbocycles. The van der Waals surface area contributed by atoms with Gasteiger partial charge in [0.2, 0.25) is 0 Å². The van der Waals surface area contributed by atoms with E-state index in [4.69, 9.17) is 10.5 Å². The molecule has 0 saturated carbocycles. The highest BCUT2D eigenvalue weighted by atomic mass is 16.5. The summed E-state index contributed by atoms with van der Waals surface area (Å²) in [5.74, 6) is 1.04. The largest absolute Gasteiger partial charge is 0.496 e. The van der Waals surface area contributed by atoms with E-state index in [9.17, 15) is 5.11 Å². The monoisotopic (exact) mass is 237 g/mol. The van der Waals surface area contributed by atoms with Crippen molar-refractivity contribution in [3.05, 3.63) is 29.3 Å². The number of hydrogen-bond acceptors (Lipinski definition) is 3. The number of nitrogens with two attached hydrogens (primary N) is 1. The number of benzene rings is 1. The molecule has 3 heteroatoms. The standard InChI is InChI=1S/C14H23NO2/c1-9(2)13(16)12(15)8-11-7-5-6-10(3)14(11)17-4/h5-7,9,12-13,16H,8,15H2,1-4H3. The van der Waals surface area contributed by atoms with Gasteiger partial charge in [0, 0.05) is 6.04 Å². The van der Waals surface area contributed by atoms with Gasteiger partial charge in [-0.3, -0.25) is 0 Å². The third-order valence-electron chi connectivity index (χ3n) is 3.07. The molecule has 0 fully saturated rings. The van der Waals surface area contributed by atoms with E-state index in [0.29, 0.717) is 6.42 Å². The van der Waals surface area contributed by atoms with Gasteiger partial charge in [0.1, 0.15) is 5.75 Å². The average molecular weight is 237 g/mol. The maximum atomic E-state index is 9.92. The second-order valence-electron chi connectivity index (χ2n) is 4.87. The molecule has 0 aliphatic carbocycles. The Morgan fingerprint density at radius 3 is 2.53 bits per heavy atom. The van der Waals surface area contributed by atoms with Gasteiger partial charge in [-0.15, -0.1) is 0 Å². The number of aryl methyl sites for hydroxylation is 1. The summed E-state index contributed by atoms with van der Waals surface area (Å²) in [7, 11) is 1.66. The van der Waals surface area contributed by atoms with Gasteiger partial charge in [0.15, 0.2) is 0 Å². The van der Waals surface area contributed by atoms with Crippen molar-refractivity contribution in [1.82, 2.24) is 0 Å². The molecule has 2 atom stereocenters. The molecule has 3 N–H and O–H groups in total. The lowest BCUT2D eigenvalue weighted by Gasteiger charge is -2.23. The van der Waals surface area contributed by atoms with Crippen LogP contribution in [0.4, 0.5) is 0 Å². The fraction of sp³-hybridized carbons (Fsp3) is 0.571. The quantitative estimate of drug-likeness (QED) is 0.822. The molecule has 0 aliphatic rings. The van der Waals surface area contributed by atoms with Gasteiger partial charge in [-0.1, -0.05) is 32.0 Å². The summed E-state index contributed by atoms with van der Waals surface area (Å²) >= 11 is 0. The topological polar surface area (TPSA) is 55.5 Å². The predicted octanol–water partition coefficient (Wildman–Crippen LogP) is 1.89. The Morgan fingerprint density at radius 2 is 2.00 bits per heavy atom. The Bertz CT molecular complexity index is 363. The van der Waals surface area contributed by atoms with Gasteiger partial charge >= 0.3 is 0 Å². The zero-order valence-electron chi connectivity index (χ0n) is 11.1. The maximum absolute atomic E-state index is 9.92. The number of methoxy groups -OCH3 is 1. The third kappa shape index (κ3) is 3.45. The van der Waals surface area contributed by atoms with E-state index in [2.05, 4.69) is 0 Å². The Labute approximate surface area is 104 Å². The van der Waals surface area contributed by atoms with E-state index >= 15 is 0 Å². The highest BCUT2D eigenvalue weighted by molar-refractivity contribution is 5.41. The van der Waals surface area contributed by atoms with Crippen LogP contribution in [-0.4, -0.2) is 24.4 Å². The van der Waals surface area contributed by atoms with Gasteiger partial charge in [-0.25, -0.2) is 0 Å². The van der Waals surface area contributed by atoms with Crippen molar-refractivity contribution in [2.45, 2.75) is 39.3 Å². The SMILES string of the molecule is COc1c(C)cccc1CC(N)C(O)C(C)C. The van der Waals surface area contributed by atoms with Crippen molar-refractivity contribution in [2.24, 2.45) is 11.7 Å². The van der Waals surface area contributed by atoms with E-state index in [1.807, 2.05) is 39.0 Å². The van der Waals surface area contributed by atoms with Crippen molar-refractivity contribution >= 4 is 0 Å². The average Bonchev–Trinajstić information content (AvgIpc) is 2.28. The van der Waals surface area contributed by atoms with Gasteiger partial charge in [-0.05, 0) is 30.4 Å². The summed E-state index contributed by atoms with van der Waals surface area (Å²) in [5, 5.41) is 9.92. The first-order valence-corrected chi connectivity index (χ1v) is 6.03. The minimum Gasteiger partial charge on any atom is -0.496 e. The number of rotatable bonds is 5. The molecule has 1 aromatic rings. The summed E-state index contributed by atoms with van der Waals surface area (Å²) in [5.41, 5.74) is 8.17. The summed E-state index contributed by atoms with van der Waals surface area (Å²) < 4.78 is 5.38. The molecule has 0 heterocycles. The summed E-state index contributed by atoms with van der Waals surface area (Å²) in [4.78, 5) is 0. The van der Waals surface area contributed by atoms with E-state index < -0.39 is 6.10 Å². The number of aliphatic hydroxyl groups excluding tert-OH is 1. The first kappa shape index (κ1) is 14.0. The molecule has 2 unspecified atom stereocenters. The van der Waals surface area contributed by atoms with E-state index in [0.717, 1.165) is 16.9 Å². The molecule has 3 nitrogen and oxygen atoms in total. The molecule has 1 rings (SSSR count). The molecule has 0 bridgehead atoms. The first-order chi connectivity index (χ1) is 7.97. The number of hydrogen-bond donors (Lipinski definition) is 2. The first-order valence-electron chi connectivity index (χ1n) is 6.03. The minimum absolute atomic E-state index is 0.167. The van der Waals surface area contributed by atoms with E-state index in [1.165, 1.54) is 0 Å². The number of ether oxygens (including phenoxy) is 1. The molecule has 0 saturated heterocycles. The molecule has 0 radical (unpaired) electrons. The molecule has 0 aromatic heterocycles. The Balaban J connectivity index is 2.84. The third-order valence-corrected chi connectivity index (χ3v) is 3.07. The van der Waals surface area contributed by atoms with E-state index in [1.54, 1.807) is 7.11 Å². The second kappa shape index (κ2) is 6.03. The normalized spacial score (nSPS) is 14.8. The lowest BCUT2D eigenvalue weighted by molar-refractivity contribution is 0.0976. The Morgan fingerprint density at radius 1 is 1.35 bits per heavy atom.